The van der Waals surface area contributed by atoms with E-state index >= 15 is 0 Å². The summed E-state index contributed by atoms with van der Waals surface area (Å²) in [6.45, 7) is 2.18. The summed E-state index contributed by atoms with van der Waals surface area (Å²) in [5.41, 5.74) is 6.16. The molecule has 3 aliphatic rings. The van der Waals surface area contributed by atoms with E-state index in [0.29, 0.717) is 72.6 Å². The number of aromatic nitrogens is 4. The second-order valence-corrected chi connectivity index (χ2v) is 16.7. The van der Waals surface area contributed by atoms with Crippen molar-refractivity contribution >= 4 is 34.4 Å². The van der Waals surface area contributed by atoms with Crippen LogP contribution >= 0.6 is 11.6 Å². The third-order valence-corrected chi connectivity index (χ3v) is 13.2. The van der Waals surface area contributed by atoms with Crippen LogP contribution in [0, 0.1) is 11.3 Å². The Labute approximate surface area is 349 Å². The molecule has 59 heavy (non-hydrogen) atoms. The minimum Gasteiger partial charge on any atom is -0.496 e. The molecular formula is C45H52ClN7O6. The number of rotatable bonds is 15. The van der Waals surface area contributed by atoms with Gasteiger partial charge in [0.05, 0.1) is 56.9 Å². The maximum atomic E-state index is 12.2. The van der Waals surface area contributed by atoms with E-state index in [1.165, 1.54) is 0 Å². The van der Waals surface area contributed by atoms with Crippen molar-refractivity contribution < 1.29 is 28.9 Å². The van der Waals surface area contributed by atoms with E-state index in [4.69, 9.17) is 40.9 Å². The zero-order valence-corrected chi connectivity index (χ0v) is 34.8. The van der Waals surface area contributed by atoms with Crippen molar-refractivity contribution in [3.05, 3.63) is 82.8 Å². The highest BCUT2D eigenvalue weighted by atomic mass is 35.5. The maximum Gasteiger partial charge on any atom is 0.309 e. The summed E-state index contributed by atoms with van der Waals surface area (Å²) in [7, 11) is 7.06. The summed E-state index contributed by atoms with van der Waals surface area (Å²) in [5.74, 6) is 1.66. The van der Waals surface area contributed by atoms with Crippen LogP contribution in [0.15, 0.2) is 60.9 Å². The van der Waals surface area contributed by atoms with Gasteiger partial charge in [-0.3, -0.25) is 24.2 Å². The number of nitrogens with one attached hydrogen (secondary N) is 2. The fourth-order valence-corrected chi connectivity index (χ4v) is 10.0. The number of amides is 1. The number of carbonyl (C=O) groups is 2. The summed E-state index contributed by atoms with van der Waals surface area (Å²) in [6, 6.07) is 16.5. The Morgan fingerprint density at radius 1 is 1.02 bits per heavy atom. The smallest absolute Gasteiger partial charge is 0.309 e. The van der Waals surface area contributed by atoms with Crippen molar-refractivity contribution in [2.75, 3.05) is 34.9 Å². The summed E-state index contributed by atoms with van der Waals surface area (Å²) in [5, 5.41) is 22.8. The van der Waals surface area contributed by atoms with E-state index in [9.17, 15) is 14.7 Å². The maximum absolute atomic E-state index is 12.2. The predicted octanol–water partition coefficient (Wildman–Crippen LogP) is 7.11. The summed E-state index contributed by atoms with van der Waals surface area (Å²) in [4.78, 5) is 35.7. The van der Waals surface area contributed by atoms with Gasteiger partial charge in [0.25, 0.3) is 0 Å². The molecule has 3 unspecified atom stereocenters. The highest BCUT2D eigenvalue weighted by Crippen LogP contribution is 2.50. The zero-order chi connectivity index (χ0) is 41.3. The van der Waals surface area contributed by atoms with Crippen molar-refractivity contribution in [3.8, 4) is 39.8 Å². The van der Waals surface area contributed by atoms with Gasteiger partial charge < -0.3 is 30.0 Å². The van der Waals surface area contributed by atoms with Crippen molar-refractivity contribution in [2.45, 2.75) is 83.1 Å². The minimum atomic E-state index is -0.629. The van der Waals surface area contributed by atoms with Crippen LogP contribution in [0.25, 0.3) is 33.3 Å². The molecular weight excluding hydrogens is 770 g/mol. The largest absolute Gasteiger partial charge is 0.496 e. The molecule has 3 aromatic carbocycles. The number of ether oxygens (including phenoxy) is 3. The molecule has 1 aliphatic heterocycles. The van der Waals surface area contributed by atoms with Crippen molar-refractivity contribution in [3.63, 3.8) is 0 Å². The van der Waals surface area contributed by atoms with E-state index in [1.807, 2.05) is 47.3 Å². The van der Waals surface area contributed by atoms with Gasteiger partial charge >= 0.3 is 5.97 Å². The SMILES string of the molecule is COc1cc(Cn2ncc3c(-c4cccc(-c5cnc(CNC[C@@H]6CCC(=O)N6)c(OC)n5)c4OC)cccc32)c(Cl)cc1CN(C)C1CCC2(C(=O)O)CCCC1C2. The average Bonchev–Trinajstić information content (AvgIpc) is 3.86. The summed E-state index contributed by atoms with van der Waals surface area (Å²) in [6.07, 6.45) is 10.2. The predicted molar refractivity (Wildman–Crippen MR) is 226 cm³/mol. The number of carboxylic acid groups (broad SMARTS) is 1. The number of carboxylic acids is 1. The highest BCUT2D eigenvalue weighted by molar-refractivity contribution is 6.31. The Morgan fingerprint density at radius 3 is 2.59 bits per heavy atom. The van der Waals surface area contributed by atoms with Gasteiger partial charge in [0.2, 0.25) is 11.8 Å². The van der Waals surface area contributed by atoms with E-state index in [1.54, 1.807) is 27.5 Å². The van der Waals surface area contributed by atoms with E-state index < -0.39 is 11.4 Å². The van der Waals surface area contributed by atoms with Gasteiger partial charge in [0.1, 0.15) is 17.2 Å². The number of para-hydroxylation sites is 1. The monoisotopic (exact) mass is 821 g/mol. The molecule has 3 heterocycles. The van der Waals surface area contributed by atoms with Crippen LogP contribution in [-0.2, 0) is 29.2 Å². The molecule has 0 radical (unpaired) electrons. The fourth-order valence-electron chi connectivity index (χ4n) is 9.77. The minimum absolute atomic E-state index is 0.0873. The Hall–Kier alpha value is -5.24. The number of hydrogen-bond donors (Lipinski definition) is 3. The number of aliphatic carboxylic acids is 1. The lowest BCUT2D eigenvalue weighted by atomic mass is 9.60. The number of methoxy groups -OCH3 is 3. The number of hydrogen-bond acceptors (Lipinski definition) is 10. The van der Waals surface area contributed by atoms with Gasteiger partial charge in [-0.15, -0.1) is 0 Å². The molecule has 2 aromatic heterocycles. The van der Waals surface area contributed by atoms with E-state index in [-0.39, 0.29) is 11.9 Å². The Morgan fingerprint density at radius 2 is 1.83 bits per heavy atom. The van der Waals surface area contributed by atoms with Crippen LogP contribution in [0.3, 0.4) is 0 Å². The first-order valence-corrected chi connectivity index (χ1v) is 20.8. The number of nitrogens with zero attached hydrogens (tertiary/aromatic N) is 5. The molecule has 0 spiro atoms. The third-order valence-electron chi connectivity index (χ3n) is 12.8. The topological polar surface area (TPSA) is 153 Å². The van der Waals surface area contributed by atoms with Gasteiger partial charge in [-0.2, -0.15) is 5.10 Å². The molecule has 1 saturated heterocycles. The van der Waals surface area contributed by atoms with Gasteiger partial charge in [0.15, 0.2) is 0 Å². The van der Waals surface area contributed by atoms with Crippen LogP contribution in [-0.4, -0.2) is 88.6 Å². The van der Waals surface area contributed by atoms with Crippen LogP contribution < -0.4 is 24.8 Å². The molecule has 4 atom stereocenters. The van der Waals surface area contributed by atoms with Crippen molar-refractivity contribution in [2.24, 2.45) is 11.3 Å². The standard InChI is InChI=1S/C45H52ClN7O6/c1-52(38-15-17-45(44(55)56)16-7-8-27(38)20-45)25-29-18-35(46)28(19-40(29)57-2)26-53-39-12-6-9-31(34(39)22-49-53)32-10-5-11-33(42(32)58-3)36-24-48-37(43(51-36)59-4)23-47-21-30-13-14-41(54)50-30/h5-6,9-12,18-19,22,24,27,30,38,47H,7-8,13-17,20-21,23,25-26H2,1-4H3,(H,50,54)(H,55,56)/t27?,30-,38?,45?/m0/s1. The number of benzene rings is 3. The zero-order valence-electron chi connectivity index (χ0n) is 34.1. The third kappa shape index (κ3) is 8.07. The molecule has 1 amide bonds. The second-order valence-electron chi connectivity index (χ2n) is 16.3. The molecule has 3 N–H and O–H groups in total. The molecule has 2 aliphatic carbocycles. The van der Waals surface area contributed by atoms with Crippen LogP contribution in [0.5, 0.6) is 17.4 Å². The quantitative estimate of drug-likeness (QED) is 0.0991. The number of carbonyl (C=O) groups excluding carboxylic acids is 1. The molecule has 14 heteroatoms. The molecule has 8 rings (SSSR count). The van der Waals surface area contributed by atoms with Crippen molar-refractivity contribution in [1.29, 1.82) is 0 Å². The molecule has 2 saturated carbocycles. The Kier molecular flexibility index (Phi) is 11.8. The lowest BCUT2D eigenvalue weighted by molar-refractivity contribution is -0.156. The molecule has 2 bridgehead atoms. The normalized spacial score (nSPS) is 21.5. The first kappa shape index (κ1) is 40.5. The van der Waals surface area contributed by atoms with Gasteiger partial charge in [-0.1, -0.05) is 42.3 Å². The molecule has 5 aromatic rings. The van der Waals surface area contributed by atoms with E-state index in [0.717, 1.165) is 89.4 Å². The first-order chi connectivity index (χ1) is 28.6. The Balaban J connectivity index is 1.01. The lowest BCUT2D eigenvalue weighted by Crippen LogP contribution is -2.49. The second kappa shape index (κ2) is 17.2. The first-order valence-electron chi connectivity index (χ1n) is 20.4. The van der Waals surface area contributed by atoms with Crippen LogP contribution in [0.1, 0.15) is 68.2 Å². The van der Waals surface area contributed by atoms with Gasteiger partial charge in [0, 0.05) is 65.2 Å². The van der Waals surface area contributed by atoms with E-state index in [2.05, 4.69) is 34.7 Å². The lowest BCUT2D eigenvalue weighted by Gasteiger charge is -2.49. The van der Waals surface area contributed by atoms with Crippen molar-refractivity contribution in [1.82, 2.24) is 35.3 Å². The summed E-state index contributed by atoms with van der Waals surface area (Å²) < 4.78 is 19.6. The molecule has 13 nitrogen and oxygen atoms in total. The molecule has 310 valence electrons. The van der Waals surface area contributed by atoms with Gasteiger partial charge in [-0.05, 0) is 86.9 Å². The number of halogens is 1. The average molecular weight is 822 g/mol. The fraction of sp³-hybridized carbons (Fsp3) is 0.444. The highest BCUT2D eigenvalue weighted by Gasteiger charge is 2.49. The van der Waals surface area contributed by atoms with Crippen LogP contribution in [0.2, 0.25) is 5.02 Å². The number of fused-ring (bicyclic) bond motifs is 3. The Bertz CT molecular complexity index is 2370. The summed E-state index contributed by atoms with van der Waals surface area (Å²) >= 11 is 7.03. The molecule has 3 fully saturated rings. The van der Waals surface area contributed by atoms with Crippen LogP contribution in [0.4, 0.5) is 0 Å². The van der Waals surface area contributed by atoms with Gasteiger partial charge in [-0.25, -0.2) is 4.98 Å².